The Morgan fingerprint density at radius 3 is 3.11 bits per heavy atom. The minimum atomic E-state index is -0.240. The second-order valence-corrected chi connectivity index (χ2v) is 4.30. The average molecular weight is 263 g/mol. The molecule has 0 aromatic carbocycles. The highest BCUT2D eigenvalue weighted by Crippen LogP contribution is 2.09. The normalized spacial score (nSPS) is 12.3. The van der Waals surface area contributed by atoms with Crippen LogP contribution in [0.3, 0.4) is 0 Å². The molecule has 0 saturated carbocycles. The van der Waals surface area contributed by atoms with Crippen LogP contribution in [0.15, 0.2) is 35.0 Å². The van der Waals surface area contributed by atoms with Gasteiger partial charge in [0.1, 0.15) is 5.76 Å². The Morgan fingerprint density at radius 1 is 1.58 bits per heavy atom. The van der Waals surface area contributed by atoms with Crippen LogP contribution in [0.5, 0.6) is 0 Å². The van der Waals surface area contributed by atoms with Crippen LogP contribution in [0.1, 0.15) is 23.2 Å². The van der Waals surface area contributed by atoms with Crippen molar-refractivity contribution in [3.63, 3.8) is 0 Å². The summed E-state index contributed by atoms with van der Waals surface area (Å²) < 4.78 is 12.2. The number of nitrogens with zero attached hydrogens (tertiary/aromatic N) is 2. The lowest BCUT2D eigenvalue weighted by atomic mass is 10.3. The van der Waals surface area contributed by atoms with Crippen LogP contribution < -0.4 is 5.32 Å². The fraction of sp³-hybridized carbons (Fsp3) is 0.385. The van der Waals surface area contributed by atoms with Crippen molar-refractivity contribution in [2.45, 2.75) is 19.5 Å². The smallest absolute Gasteiger partial charge is 0.287 e. The molecule has 0 aliphatic heterocycles. The largest absolute Gasteiger partial charge is 0.454 e. The molecule has 19 heavy (non-hydrogen) atoms. The quantitative estimate of drug-likeness (QED) is 0.852. The number of hydrogen-bond donors (Lipinski definition) is 1. The second kappa shape index (κ2) is 6.19. The number of amides is 1. The topological polar surface area (TPSA) is 69.3 Å². The van der Waals surface area contributed by atoms with E-state index in [2.05, 4.69) is 10.4 Å². The van der Waals surface area contributed by atoms with E-state index in [1.165, 1.54) is 0 Å². The Hall–Kier alpha value is -2.08. The molecule has 0 aliphatic carbocycles. The van der Waals surface area contributed by atoms with Gasteiger partial charge in [-0.05, 0) is 25.1 Å². The molecule has 2 aromatic heterocycles. The summed E-state index contributed by atoms with van der Waals surface area (Å²) in [7, 11) is 1.59. The Morgan fingerprint density at radius 2 is 2.42 bits per heavy atom. The summed E-state index contributed by atoms with van der Waals surface area (Å²) >= 11 is 0. The predicted molar refractivity (Wildman–Crippen MR) is 68.8 cm³/mol. The molecule has 0 fully saturated rings. The number of hydrogen-bond acceptors (Lipinski definition) is 4. The molecule has 1 N–H and O–H groups in total. The van der Waals surface area contributed by atoms with E-state index >= 15 is 0 Å². The van der Waals surface area contributed by atoms with E-state index in [0.29, 0.717) is 24.7 Å². The first kappa shape index (κ1) is 13.4. The summed E-state index contributed by atoms with van der Waals surface area (Å²) in [5, 5.41) is 6.87. The lowest BCUT2D eigenvalue weighted by Gasteiger charge is -2.11. The maximum atomic E-state index is 11.9. The predicted octanol–water partition coefficient (Wildman–Crippen LogP) is 1.29. The highest BCUT2D eigenvalue weighted by molar-refractivity contribution is 5.91. The molecule has 0 bridgehead atoms. The van der Waals surface area contributed by atoms with Crippen LogP contribution in [0.2, 0.25) is 0 Å². The van der Waals surface area contributed by atoms with Gasteiger partial charge in [0.05, 0.1) is 13.2 Å². The third-order valence-electron chi connectivity index (χ3n) is 2.56. The first-order valence-electron chi connectivity index (χ1n) is 6.05. The number of furan rings is 1. The van der Waals surface area contributed by atoms with Gasteiger partial charge in [0.2, 0.25) is 0 Å². The summed E-state index contributed by atoms with van der Waals surface area (Å²) in [6, 6.07) is 5.21. The fourth-order valence-electron chi connectivity index (χ4n) is 1.73. The van der Waals surface area contributed by atoms with Gasteiger partial charge in [0.25, 0.3) is 5.91 Å². The third kappa shape index (κ3) is 3.69. The lowest BCUT2D eigenvalue weighted by molar-refractivity contribution is 0.0876. The number of ether oxygens (including phenoxy) is 1. The van der Waals surface area contributed by atoms with Crippen molar-refractivity contribution in [3.8, 4) is 0 Å². The molecule has 0 spiro atoms. The van der Waals surface area contributed by atoms with Crippen LogP contribution in [0.4, 0.5) is 0 Å². The number of carbonyl (C=O) groups excluding carboxylic acids is 1. The Bertz CT molecular complexity index is 519. The van der Waals surface area contributed by atoms with Crippen molar-refractivity contribution < 1.29 is 13.9 Å². The maximum absolute atomic E-state index is 11.9. The van der Waals surface area contributed by atoms with Crippen LogP contribution in [0, 0.1) is 0 Å². The van der Waals surface area contributed by atoms with Crippen molar-refractivity contribution >= 4 is 5.91 Å². The monoisotopic (exact) mass is 263 g/mol. The van der Waals surface area contributed by atoms with Crippen molar-refractivity contribution in [2.24, 2.45) is 0 Å². The van der Waals surface area contributed by atoms with Crippen LogP contribution in [0.25, 0.3) is 0 Å². The van der Waals surface area contributed by atoms with Crippen LogP contribution in [-0.4, -0.2) is 35.4 Å². The molecule has 0 radical (unpaired) electrons. The van der Waals surface area contributed by atoms with Gasteiger partial charge < -0.3 is 14.5 Å². The Balaban J connectivity index is 1.94. The first-order valence-corrected chi connectivity index (χ1v) is 6.05. The molecule has 102 valence electrons. The minimum Gasteiger partial charge on any atom is -0.454 e. The zero-order chi connectivity index (χ0) is 13.7. The molecule has 2 aromatic rings. The van der Waals surface area contributed by atoms with Gasteiger partial charge in [-0.25, -0.2) is 0 Å². The third-order valence-corrected chi connectivity index (χ3v) is 2.56. The highest BCUT2D eigenvalue weighted by atomic mass is 16.5. The lowest BCUT2D eigenvalue weighted by Crippen LogP contribution is -2.35. The standard InChI is InChI=1S/C13H17N3O3/c1-10(9-18-2)15-13(17)12-5-4-11(19-12)8-16-7-3-6-14-16/h3-7,10H,8-9H2,1-2H3,(H,15,17)/t10-/m0/s1. The van der Waals surface area contributed by atoms with E-state index < -0.39 is 0 Å². The van der Waals surface area contributed by atoms with E-state index in [9.17, 15) is 4.79 Å². The second-order valence-electron chi connectivity index (χ2n) is 4.30. The van der Waals surface area contributed by atoms with E-state index in [0.717, 1.165) is 0 Å². The van der Waals surface area contributed by atoms with Crippen LogP contribution in [-0.2, 0) is 11.3 Å². The first-order chi connectivity index (χ1) is 9.19. The maximum Gasteiger partial charge on any atom is 0.287 e. The molecule has 2 rings (SSSR count). The van der Waals surface area contributed by atoms with Crippen molar-refractivity contribution in [2.75, 3.05) is 13.7 Å². The number of rotatable bonds is 6. The van der Waals surface area contributed by atoms with E-state index in [1.807, 2.05) is 19.2 Å². The molecule has 6 nitrogen and oxygen atoms in total. The molecule has 2 heterocycles. The zero-order valence-electron chi connectivity index (χ0n) is 11.0. The van der Waals surface area contributed by atoms with Gasteiger partial charge in [-0.3, -0.25) is 9.48 Å². The van der Waals surface area contributed by atoms with Gasteiger partial charge in [-0.15, -0.1) is 0 Å². The van der Waals surface area contributed by atoms with Gasteiger partial charge in [0.15, 0.2) is 5.76 Å². The Kier molecular flexibility index (Phi) is 4.35. The summed E-state index contributed by atoms with van der Waals surface area (Å²) in [6.07, 6.45) is 3.53. The number of aromatic nitrogens is 2. The molecule has 1 atom stereocenters. The molecule has 0 unspecified atom stereocenters. The Labute approximate surface area is 111 Å². The van der Waals surface area contributed by atoms with E-state index in [1.54, 1.807) is 30.1 Å². The van der Waals surface area contributed by atoms with E-state index in [-0.39, 0.29) is 11.9 Å². The summed E-state index contributed by atoms with van der Waals surface area (Å²) in [5.41, 5.74) is 0. The van der Waals surface area contributed by atoms with Gasteiger partial charge in [-0.1, -0.05) is 0 Å². The van der Waals surface area contributed by atoms with Gasteiger partial charge in [0, 0.05) is 25.5 Å². The van der Waals surface area contributed by atoms with Crippen LogP contribution >= 0.6 is 0 Å². The SMILES string of the molecule is COC[C@H](C)NC(=O)c1ccc(Cn2cccn2)o1. The molecular formula is C13H17N3O3. The average Bonchev–Trinajstić information content (AvgIpc) is 3.01. The van der Waals surface area contributed by atoms with Crippen molar-refractivity contribution in [1.29, 1.82) is 0 Å². The van der Waals surface area contributed by atoms with Gasteiger partial charge >= 0.3 is 0 Å². The highest BCUT2D eigenvalue weighted by Gasteiger charge is 2.13. The fourth-order valence-corrected chi connectivity index (χ4v) is 1.73. The number of carbonyl (C=O) groups is 1. The molecule has 0 aliphatic rings. The zero-order valence-corrected chi connectivity index (χ0v) is 11.0. The molecule has 0 saturated heterocycles. The van der Waals surface area contributed by atoms with Crippen molar-refractivity contribution in [3.05, 3.63) is 42.1 Å². The minimum absolute atomic E-state index is 0.0582. The molecule has 6 heteroatoms. The number of methoxy groups -OCH3 is 1. The molecule has 1 amide bonds. The van der Waals surface area contributed by atoms with Crippen molar-refractivity contribution in [1.82, 2.24) is 15.1 Å². The number of nitrogens with one attached hydrogen (secondary N) is 1. The summed E-state index contributed by atoms with van der Waals surface area (Å²) in [4.78, 5) is 11.9. The molecular weight excluding hydrogens is 246 g/mol. The summed E-state index contributed by atoms with van der Waals surface area (Å²) in [6.45, 7) is 2.84. The van der Waals surface area contributed by atoms with E-state index in [4.69, 9.17) is 9.15 Å². The summed E-state index contributed by atoms with van der Waals surface area (Å²) in [5.74, 6) is 0.745. The van der Waals surface area contributed by atoms with Gasteiger partial charge in [-0.2, -0.15) is 5.10 Å².